The summed E-state index contributed by atoms with van der Waals surface area (Å²) >= 11 is 9.06. The summed E-state index contributed by atoms with van der Waals surface area (Å²) in [4.78, 5) is 0. The zero-order chi connectivity index (χ0) is 89.1. The minimum Gasteiger partial charge on any atom is -0.493 e. The SMILES string of the molecule is CC#COc1ccc2c(sc3c(C)c(OCCC)ccc32)c1C.CC#COc1ccc2c(sc3c(C)c(OCCCC)ccc32)c1C.CC#COc1ccc2c(sc3c(C)c(OCCCCC)ccc32)c1C.CC#COc1ccc2c(sc3c(C)c(OCCCCCC)ccc32)c1C.CC#COc1ccc2c(sc3c(C)c(OCCCCCCC)ccc32)c1C. The minimum atomic E-state index is 0.754. The molecule has 0 bridgehead atoms. The van der Waals surface area contributed by atoms with Crippen LogP contribution < -0.4 is 47.4 Å². The van der Waals surface area contributed by atoms with Crippen molar-refractivity contribution < 1.29 is 47.4 Å². The largest absolute Gasteiger partial charge is 0.493 e. The van der Waals surface area contributed by atoms with Crippen molar-refractivity contribution in [3.63, 3.8) is 0 Å². The number of unbranched alkanes of at least 4 members (excludes halogenated alkanes) is 10. The average Bonchev–Trinajstić information content (AvgIpc) is 1.64. The fraction of sp³-hybridized carbons (Fsp3) is 0.364. The fourth-order valence-electron chi connectivity index (χ4n) is 15.2. The van der Waals surface area contributed by atoms with Crippen molar-refractivity contribution in [3.8, 4) is 118 Å². The maximum atomic E-state index is 6.09. The summed E-state index contributed by atoms with van der Waals surface area (Å²) in [6.45, 7) is 45.0. The normalized spacial score (nSPS) is 10.7. The third-order valence-corrected chi connectivity index (χ3v) is 29.6. The summed E-state index contributed by atoms with van der Waals surface area (Å²) in [5, 5.41) is 12.8. The molecular formula is C110H120O10S5. The molecule has 0 aliphatic rings. The molecule has 15 heteroatoms. The Bertz CT molecular complexity index is 6640. The number of thiophene rings is 5. The van der Waals surface area contributed by atoms with Crippen molar-refractivity contribution >= 4 is 158 Å². The van der Waals surface area contributed by atoms with Gasteiger partial charge in [-0.2, -0.15) is 0 Å². The topological polar surface area (TPSA) is 92.3 Å². The first-order valence-electron chi connectivity index (χ1n) is 44.2. The molecular weight excluding hydrogens is 1640 g/mol. The Balaban J connectivity index is 0.000000152. The molecule has 15 aromatic rings. The van der Waals surface area contributed by atoms with Crippen LogP contribution in [0.5, 0.6) is 57.5 Å². The molecule has 650 valence electrons. The third kappa shape index (κ3) is 22.5. The zero-order valence-corrected chi connectivity index (χ0v) is 80.9. The van der Waals surface area contributed by atoms with Crippen LogP contribution in [0.25, 0.3) is 101 Å². The molecule has 0 saturated heterocycles. The maximum Gasteiger partial charge on any atom is 0.144 e. The Morgan fingerprint density at radius 3 is 0.544 bits per heavy atom. The number of ether oxygens (including phenoxy) is 10. The molecule has 0 unspecified atom stereocenters. The molecule has 0 spiro atoms. The van der Waals surface area contributed by atoms with Crippen LogP contribution >= 0.6 is 56.7 Å². The number of hydrogen-bond acceptors (Lipinski definition) is 15. The average molecular weight is 1760 g/mol. The number of rotatable bonds is 30. The van der Waals surface area contributed by atoms with Crippen LogP contribution in [-0.2, 0) is 0 Å². The molecule has 10 aromatic carbocycles. The maximum absolute atomic E-state index is 6.09. The molecule has 0 fully saturated rings. The van der Waals surface area contributed by atoms with Crippen molar-refractivity contribution in [3.05, 3.63) is 177 Å². The van der Waals surface area contributed by atoms with Gasteiger partial charge < -0.3 is 47.4 Å². The van der Waals surface area contributed by atoms with E-state index in [0.29, 0.717) is 0 Å². The van der Waals surface area contributed by atoms with Gasteiger partial charge >= 0.3 is 0 Å². The van der Waals surface area contributed by atoms with Gasteiger partial charge in [-0.25, -0.2) is 0 Å². The van der Waals surface area contributed by atoms with Gasteiger partial charge in [0.1, 0.15) is 88.0 Å². The predicted octanol–water partition coefficient (Wildman–Crippen LogP) is 33.0. The van der Waals surface area contributed by atoms with E-state index in [-0.39, 0.29) is 0 Å². The van der Waals surface area contributed by atoms with Gasteiger partial charge in [0.2, 0.25) is 0 Å². The molecule has 125 heavy (non-hydrogen) atoms. The lowest BCUT2D eigenvalue weighted by Gasteiger charge is -2.09. The smallest absolute Gasteiger partial charge is 0.144 e. The lowest BCUT2D eigenvalue weighted by molar-refractivity contribution is 0.303. The Hall–Kier alpha value is -10.9. The van der Waals surface area contributed by atoms with Crippen LogP contribution in [0.15, 0.2) is 121 Å². The highest BCUT2D eigenvalue weighted by Gasteiger charge is 2.22. The number of fused-ring (bicyclic) bond motifs is 15. The van der Waals surface area contributed by atoms with Crippen LogP contribution in [0.3, 0.4) is 0 Å². The third-order valence-electron chi connectivity index (χ3n) is 22.3. The standard InChI is InChI=1S/C24H28O2S.C23H26O2S.C22H24O2S.C21H22O2S.C20H20O2S/c1-5-7-8-9-10-16-26-22-14-12-20-19-11-13-21(25-15-6-2)17(3)23(19)27-24(20)18(22)4;1-5-7-8-9-15-25-21-13-11-19-18-10-12-20(24-14-6-2)16(3)22(18)26-23(19)17(21)4;1-5-7-8-14-24-20-12-10-18-17-9-11-19(23-13-6-2)15(3)21(17)25-22(18)16(20)4;1-5-7-13-23-19-11-9-17-16-8-10-18(22-12-6-2)14(3)20(16)24-21(17)15(19)4;1-5-11-21-17-9-7-15-16-8-10-18(22-12-6-2)14(4)20(16)23-19(15)13(17)3/h11-14H,5,7-10,16H2,1-4H3;10-13H,5,7-9,15H2,1-4H3;9-12H,5,7-8,14H2,1-4H3;8-11H,5,7,13H2,1-4H3;7-10H,5,11H2,1-4H3. The lowest BCUT2D eigenvalue weighted by atomic mass is 10.1. The second-order valence-corrected chi connectivity index (χ2v) is 36.3. The summed E-state index contributed by atoms with van der Waals surface area (Å²) in [6, 6.07) is 42.2. The minimum absolute atomic E-state index is 0.754. The van der Waals surface area contributed by atoms with E-state index in [1.165, 1.54) is 186 Å². The first kappa shape index (κ1) is 94.8. The van der Waals surface area contributed by atoms with E-state index in [1.807, 2.05) is 75.7 Å². The van der Waals surface area contributed by atoms with Crippen molar-refractivity contribution in [2.75, 3.05) is 33.0 Å². The Labute approximate surface area is 761 Å². The molecule has 15 rings (SSSR count). The molecule has 5 heterocycles. The molecule has 0 aliphatic heterocycles. The van der Waals surface area contributed by atoms with E-state index in [2.05, 4.69) is 255 Å². The molecule has 0 N–H and O–H groups in total. The van der Waals surface area contributed by atoms with E-state index < -0.39 is 0 Å². The second kappa shape index (κ2) is 46.9. The van der Waals surface area contributed by atoms with Crippen molar-refractivity contribution in [1.82, 2.24) is 0 Å². The van der Waals surface area contributed by atoms with Gasteiger partial charge in [0.25, 0.3) is 0 Å². The molecule has 0 saturated carbocycles. The van der Waals surface area contributed by atoms with E-state index in [0.717, 1.165) is 157 Å². The molecule has 0 amide bonds. The van der Waals surface area contributed by atoms with Crippen molar-refractivity contribution in [2.24, 2.45) is 0 Å². The zero-order valence-electron chi connectivity index (χ0n) is 76.8. The van der Waals surface area contributed by atoms with E-state index in [9.17, 15) is 0 Å². The van der Waals surface area contributed by atoms with E-state index in [1.54, 1.807) is 46.0 Å². The highest BCUT2D eigenvalue weighted by molar-refractivity contribution is 7.28. The number of hydrogen-bond donors (Lipinski definition) is 0. The van der Waals surface area contributed by atoms with Gasteiger partial charge in [-0.1, -0.05) is 128 Å². The van der Waals surface area contributed by atoms with E-state index >= 15 is 0 Å². The predicted molar refractivity (Wildman–Crippen MR) is 540 cm³/mol. The Kier molecular flexibility index (Phi) is 35.5. The molecule has 0 aliphatic carbocycles. The molecule has 0 atom stereocenters. The van der Waals surface area contributed by atoms with Crippen LogP contribution in [0.1, 0.15) is 221 Å². The van der Waals surface area contributed by atoms with Crippen molar-refractivity contribution in [1.29, 1.82) is 0 Å². The van der Waals surface area contributed by atoms with E-state index in [4.69, 9.17) is 47.4 Å². The lowest BCUT2D eigenvalue weighted by Crippen LogP contribution is -1.98. The highest BCUT2D eigenvalue weighted by atomic mass is 32.1. The van der Waals surface area contributed by atoms with Gasteiger partial charge in [0.05, 0.1) is 33.0 Å². The van der Waals surface area contributed by atoms with Crippen LogP contribution in [0.2, 0.25) is 0 Å². The summed E-state index contributed by atoms with van der Waals surface area (Å²) in [5.74, 6) is 23.1. The van der Waals surface area contributed by atoms with Crippen LogP contribution in [-0.4, -0.2) is 33.0 Å². The summed E-state index contributed by atoms with van der Waals surface area (Å²) in [5.41, 5.74) is 11.9. The number of aryl methyl sites for hydroxylation is 10. The Morgan fingerprint density at radius 1 is 0.184 bits per heavy atom. The van der Waals surface area contributed by atoms with Gasteiger partial charge in [-0.3, -0.25) is 0 Å². The fourth-order valence-corrected chi connectivity index (χ4v) is 21.7. The summed E-state index contributed by atoms with van der Waals surface area (Å²) in [7, 11) is 0. The molecule has 5 aromatic heterocycles. The van der Waals surface area contributed by atoms with Gasteiger partial charge in [0.15, 0.2) is 0 Å². The van der Waals surface area contributed by atoms with Gasteiger partial charge in [0, 0.05) is 191 Å². The quantitative estimate of drug-likeness (QED) is 0.0320. The summed E-state index contributed by atoms with van der Waals surface area (Å²) < 4.78 is 70.5. The Morgan fingerprint density at radius 2 is 0.344 bits per heavy atom. The van der Waals surface area contributed by atoms with Gasteiger partial charge in [-0.05, 0) is 223 Å². The second-order valence-electron chi connectivity index (χ2n) is 31.2. The number of benzene rings is 10. The first-order chi connectivity index (χ1) is 60.8. The van der Waals surface area contributed by atoms with Crippen LogP contribution in [0.4, 0.5) is 0 Å². The monoisotopic (exact) mass is 1760 g/mol. The van der Waals surface area contributed by atoms with Crippen molar-refractivity contribution in [2.45, 2.75) is 235 Å². The first-order valence-corrected chi connectivity index (χ1v) is 48.3. The van der Waals surface area contributed by atoms with Crippen LogP contribution in [0, 0.1) is 129 Å². The van der Waals surface area contributed by atoms with Gasteiger partial charge in [-0.15, -0.1) is 56.7 Å². The molecule has 10 nitrogen and oxygen atoms in total. The highest BCUT2D eigenvalue weighted by Crippen LogP contribution is 2.49. The molecule has 0 radical (unpaired) electrons. The summed E-state index contributed by atoms with van der Waals surface area (Å²) in [6.07, 6.45) is 31.4.